The molecule has 35 heavy (non-hydrogen) atoms. The zero-order valence-electron chi connectivity index (χ0n) is 20.7. The first kappa shape index (κ1) is 25.5. The summed E-state index contributed by atoms with van der Waals surface area (Å²) in [4.78, 5) is 16.0. The molecule has 2 aliphatic rings. The van der Waals surface area contributed by atoms with Crippen LogP contribution in [0.15, 0.2) is 48.5 Å². The summed E-state index contributed by atoms with van der Waals surface area (Å²) in [6.07, 6.45) is 5.22. The largest absolute Gasteiger partial charge is 0.494 e. The maximum Gasteiger partial charge on any atom is 0.222 e. The van der Waals surface area contributed by atoms with Crippen LogP contribution in [0, 0.1) is 5.82 Å². The molecule has 0 aliphatic carbocycles. The van der Waals surface area contributed by atoms with Gasteiger partial charge in [0.25, 0.3) is 0 Å². The van der Waals surface area contributed by atoms with Crippen molar-refractivity contribution in [1.29, 1.82) is 0 Å². The molecule has 0 unspecified atom stereocenters. The zero-order chi connectivity index (χ0) is 24.5. The van der Waals surface area contributed by atoms with Gasteiger partial charge in [0.2, 0.25) is 5.91 Å². The van der Waals surface area contributed by atoms with Crippen LogP contribution < -0.4 is 9.47 Å². The number of rotatable bonds is 11. The number of para-hydroxylation sites is 1. The molecule has 6 nitrogen and oxygen atoms in total. The number of carbonyl (C=O) groups is 1. The predicted molar refractivity (Wildman–Crippen MR) is 133 cm³/mol. The molecule has 2 saturated heterocycles. The van der Waals surface area contributed by atoms with E-state index in [0.717, 1.165) is 70.6 Å². The average Bonchev–Trinajstić information content (AvgIpc) is 3.18. The second-order valence-corrected chi connectivity index (χ2v) is 9.57. The molecule has 0 aromatic heterocycles. The van der Waals surface area contributed by atoms with Gasteiger partial charge in [0.05, 0.1) is 6.61 Å². The normalized spacial score (nSPS) is 21.2. The van der Waals surface area contributed by atoms with Crippen molar-refractivity contribution in [3.63, 3.8) is 0 Å². The lowest BCUT2D eigenvalue weighted by molar-refractivity contribution is -0.127. The first-order chi connectivity index (χ1) is 17.1. The summed E-state index contributed by atoms with van der Waals surface area (Å²) < 4.78 is 31.5. The molecule has 0 spiro atoms. The number of ether oxygens (including phenoxy) is 3. The first-order valence-electron chi connectivity index (χ1n) is 12.7. The Bertz CT molecular complexity index is 954. The Morgan fingerprint density at radius 1 is 0.971 bits per heavy atom. The molecule has 1 amide bonds. The number of nitrogens with zero attached hydrogens (tertiary/aromatic N) is 2. The summed E-state index contributed by atoms with van der Waals surface area (Å²) >= 11 is 0. The molecule has 2 aromatic carbocycles. The van der Waals surface area contributed by atoms with Gasteiger partial charge in [-0.05, 0) is 68.5 Å². The number of halogens is 1. The highest BCUT2D eigenvalue weighted by atomic mass is 19.1. The average molecular weight is 485 g/mol. The Balaban J connectivity index is 1.21. The smallest absolute Gasteiger partial charge is 0.222 e. The Labute approximate surface area is 208 Å². The van der Waals surface area contributed by atoms with E-state index in [0.29, 0.717) is 19.6 Å². The molecule has 7 heteroatoms. The second kappa shape index (κ2) is 12.4. The third-order valence-electron chi connectivity index (χ3n) is 7.09. The van der Waals surface area contributed by atoms with E-state index in [1.54, 1.807) is 25.3 Å². The summed E-state index contributed by atoms with van der Waals surface area (Å²) in [5.74, 6) is 1.06. The van der Waals surface area contributed by atoms with Crippen LogP contribution in [0.3, 0.4) is 0 Å². The molecule has 0 radical (unpaired) electrons. The van der Waals surface area contributed by atoms with Crippen molar-refractivity contribution in [3.8, 4) is 11.5 Å². The van der Waals surface area contributed by atoms with Crippen molar-refractivity contribution in [1.82, 2.24) is 9.80 Å². The van der Waals surface area contributed by atoms with Gasteiger partial charge in [0.1, 0.15) is 18.0 Å². The monoisotopic (exact) mass is 484 g/mol. The van der Waals surface area contributed by atoms with Crippen LogP contribution in [0.5, 0.6) is 11.5 Å². The van der Waals surface area contributed by atoms with Gasteiger partial charge < -0.3 is 19.1 Å². The van der Waals surface area contributed by atoms with Crippen molar-refractivity contribution in [2.24, 2.45) is 0 Å². The van der Waals surface area contributed by atoms with Gasteiger partial charge in [0, 0.05) is 39.7 Å². The molecule has 0 bridgehead atoms. The summed E-state index contributed by atoms with van der Waals surface area (Å²) in [5, 5.41) is 0. The Kier molecular flexibility index (Phi) is 8.99. The van der Waals surface area contributed by atoms with Crippen LogP contribution in [-0.2, 0) is 16.1 Å². The van der Waals surface area contributed by atoms with E-state index in [1.807, 2.05) is 17.0 Å². The van der Waals surface area contributed by atoms with E-state index in [-0.39, 0.29) is 17.5 Å². The van der Waals surface area contributed by atoms with E-state index in [9.17, 15) is 9.18 Å². The molecule has 2 aromatic rings. The predicted octanol–water partition coefficient (Wildman–Crippen LogP) is 4.67. The number of carbonyl (C=O) groups excluding carboxylic acids is 1. The summed E-state index contributed by atoms with van der Waals surface area (Å²) in [5.41, 5.74) is 0.835. The molecule has 2 aliphatic heterocycles. The van der Waals surface area contributed by atoms with Crippen LogP contribution in [0.4, 0.5) is 4.39 Å². The van der Waals surface area contributed by atoms with Crippen LogP contribution in [-0.4, -0.2) is 67.8 Å². The molecule has 0 saturated carbocycles. The van der Waals surface area contributed by atoms with Crippen molar-refractivity contribution >= 4 is 5.91 Å². The summed E-state index contributed by atoms with van der Waals surface area (Å²) in [6.45, 7) is 5.36. The Morgan fingerprint density at radius 3 is 2.54 bits per heavy atom. The number of likely N-dealkylation sites (tertiary alicyclic amines) is 2. The lowest BCUT2D eigenvalue weighted by Crippen LogP contribution is -2.39. The number of amides is 1. The SMILES string of the molecule is CO[C@@]1(COc2ccccc2F)CCCN(Cc2ccc(OCCCN3CCCC3=O)cc2)CC1. The number of benzene rings is 2. The quantitative estimate of drug-likeness (QED) is 0.434. The molecule has 190 valence electrons. The van der Waals surface area contributed by atoms with E-state index in [2.05, 4.69) is 17.0 Å². The van der Waals surface area contributed by atoms with Gasteiger partial charge in [-0.2, -0.15) is 0 Å². The Morgan fingerprint density at radius 2 is 1.80 bits per heavy atom. The van der Waals surface area contributed by atoms with E-state index < -0.39 is 5.60 Å². The van der Waals surface area contributed by atoms with Crippen LogP contribution in [0.2, 0.25) is 0 Å². The lowest BCUT2D eigenvalue weighted by Gasteiger charge is -2.31. The molecular formula is C28H37FN2O4. The zero-order valence-corrected chi connectivity index (χ0v) is 20.7. The summed E-state index contributed by atoms with van der Waals surface area (Å²) in [7, 11) is 1.72. The third kappa shape index (κ3) is 7.18. The van der Waals surface area contributed by atoms with Crippen molar-refractivity contribution in [3.05, 3.63) is 59.9 Å². The van der Waals surface area contributed by atoms with Crippen LogP contribution in [0.1, 0.15) is 44.1 Å². The fourth-order valence-corrected chi connectivity index (χ4v) is 4.90. The molecular weight excluding hydrogens is 447 g/mol. The standard InChI is InChI=1S/C28H37FN2O4/c1-33-28(22-35-26-8-3-2-7-25(26)29)14-5-16-30(19-15-28)21-23-10-12-24(13-11-23)34-20-6-18-31-17-4-9-27(31)32/h2-3,7-8,10-13H,4-6,9,14-22H2,1H3/t28-/m0/s1. The third-order valence-corrected chi connectivity index (χ3v) is 7.09. The fraction of sp³-hybridized carbons (Fsp3) is 0.536. The Hall–Kier alpha value is -2.64. The first-order valence-corrected chi connectivity index (χ1v) is 12.7. The fourth-order valence-electron chi connectivity index (χ4n) is 4.90. The number of hydrogen-bond acceptors (Lipinski definition) is 5. The van der Waals surface area contributed by atoms with Crippen molar-refractivity contribution in [2.75, 3.05) is 46.5 Å². The molecule has 2 heterocycles. The molecule has 4 rings (SSSR count). The molecule has 2 fully saturated rings. The van der Waals surface area contributed by atoms with E-state index >= 15 is 0 Å². The topological polar surface area (TPSA) is 51.2 Å². The van der Waals surface area contributed by atoms with Gasteiger partial charge in [-0.3, -0.25) is 9.69 Å². The highest BCUT2D eigenvalue weighted by Crippen LogP contribution is 2.29. The van der Waals surface area contributed by atoms with Crippen molar-refractivity contribution in [2.45, 2.75) is 50.7 Å². The van der Waals surface area contributed by atoms with Gasteiger partial charge in [-0.15, -0.1) is 0 Å². The van der Waals surface area contributed by atoms with Crippen LogP contribution >= 0.6 is 0 Å². The van der Waals surface area contributed by atoms with Gasteiger partial charge in [0.15, 0.2) is 11.6 Å². The highest BCUT2D eigenvalue weighted by molar-refractivity contribution is 5.77. The van der Waals surface area contributed by atoms with E-state index in [1.165, 1.54) is 11.6 Å². The number of hydrogen-bond donors (Lipinski definition) is 0. The lowest BCUT2D eigenvalue weighted by atomic mass is 9.95. The van der Waals surface area contributed by atoms with Crippen LogP contribution in [0.25, 0.3) is 0 Å². The minimum atomic E-state index is -0.408. The van der Waals surface area contributed by atoms with Gasteiger partial charge >= 0.3 is 0 Å². The molecule has 1 atom stereocenters. The maximum absolute atomic E-state index is 14.0. The highest BCUT2D eigenvalue weighted by Gasteiger charge is 2.34. The van der Waals surface area contributed by atoms with E-state index in [4.69, 9.17) is 14.2 Å². The minimum Gasteiger partial charge on any atom is -0.494 e. The van der Waals surface area contributed by atoms with Gasteiger partial charge in [-0.25, -0.2) is 4.39 Å². The van der Waals surface area contributed by atoms with Crippen molar-refractivity contribution < 1.29 is 23.4 Å². The van der Waals surface area contributed by atoms with Gasteiger partial charge in [-0.1, -0.05) is 24.3 Å². The molecule has 0 N–H and O–H groups in total. The summed E-state index contributed by atoms with van der Waals surface area (Å²) in [6, 6.07) is 14.8. The minimum absolute atomic E-state index is 0.267. The maximum atomic E-state index is 14.0. The second-order valence-electron chi connectivity index (χ2n) is 9.57. The number of methoxy groups -OCH3 is 1.